The Bertz CT molecular complexity index is 1470. The van der Waals surface area contributed by atoms with Crippen molar-refractivity contribution in [2.45, 2.75) is 31.7 Å². The SMILES string of the molecule is C#Cc1ccc2c(c1)CCN2C(=O)c1cc(N2CCC(N3CCc4cc(OC)ccc4NC3=O)CC2)ncn1. The minimum atomic E-state index is -0.141. The molecule has 4 heterocycles. The number of benzene rings is 2. The van der Waals surface area contributed by atoms with E-state index in [4.69, 9.17) is 11.2 Å². The van der Waals surface area contributed by atoms with Crippen molar-refractivity contribution in [3.05, 3.63) is 71.2 Å². The lowest BCUT2D eigenvalue weighted by Gasteiger charge is -2.38. The van der Waals surface area contributed by atoms with Crippen molar-refractivity contribution in [1.29, 1.82) is 0 Å². The van der Waals surface area contributed by atoms with Gasteiger partial charge in [0.1, 0.15) is 23.6 Å². The minimum absolute atomic E-state index is 0.0625. The van der Waals surface area contributed by atoms with E-state index in [1.807, 2.05) is 41.3 Å². The third-order valence-corrected chi connectivity index (χ3v) is 7.92. The van der Waals surface area contributed by atoms with Gasteiger partial charge >= 0.3 is 6.03 Å². The summed E-state index contributed by atoms with van der Waals surface area (Å²) in [5.74, 6) is 4.04. The average Bonchev–Trinajstić information content (AvgIpc) is 3.33. The average molecular weight is 523 g/mol. The van der Waals surface area contributed by atoms with Crippen LogP contribution in [0.25, 0.3) is 0 Å². The maximum absolute atomic E-state index is 13.4. The Labute approximate surface area is 227 Å². The fourth-order valence-corrected chi connectivity index (χ4v) is 5.79. The Morgan fingerprint density at radius 3 is 2.64 bits per heavy atom. The second-order valence-electron chi connectivity index (χ2n) is 10.1. The number of terminal acetylenes is 1. The highest BCUT2D eigenvalue weighted by Crippen LogP contribution is 2.31. The second kappa shape index (κ2) is 10.3. The molecule has 2 aromatic carbocycles. The molecule has 0 aliphatic carbocycles. The molecule has 1 fully saturated rings. The number of nitrogens with zero attached hydrogens (tertiary/aromatic N) is 5. The zero-order valence-electron chi connectivity index (χ0n) is 21.9. The van der Waals surface area contributed by atoms with Crippen LogP contribution >= 0.6 is 0 Å². The van der Waals surface area contributed by atoms with Crippen LogP contribution in [0.5, 0.6) is 5.75 Å². The first-order valence-corrected chi connectivity index (χ1v) is 13.3. The molecule has 0 unspecified atom stereocenters. The zero-order chi connectivity index (χ0) is 26.9. The number of aromatic nitrogens is 2. The van der Waals surface area contributed by atoms with E-state index in [-0.39, 0.29) is 18.0 Å². The van der Waals surface area contributed by atoms with E-state index in [2.05, 4.69) is 26.1 Å². The first kappa shape index (κ1) is 24.7. The maximum atomic E-state index is 13.4. The molecule has 0 atom stereocenters. The molecule has 1 saturated heterocycles. The van der Waals surface area contributed by atoms with E-state index < -0.39 is 0 Å². The van der Waals surface area contributed by atoms with Gasteiger partial charge in [0.2, 0.25) is 0 Å². The number of urea groups is 1. The molecule has 0 radical (unpaired) electrons. The molecule has 3 aliphatic heterocycles. The number of ether oxygens (including phenoxy) is 1. The molecular weight excluding hydrogens is 492 g/mol. The van der Waals surface area contributed by atoms with Crippen LogP contribution in [0.15, 0.2) is 48.8 Å². The van der Waals surface area contributed by atoms with Crippen LogP contribution in [0.1, 0.15) is 40.0 Å². The van der Waals surface area contributed by atoms with Gasteiger partial charge in [0.25, 0.3) is 5.91 Å². The predicted octanol–water partition coefficient (Wildman–Crippen LogP) is 3.73. The lowest BCUT2D eigenvalue weighted by Crippen LogP contribution is -2.49. The number of amides is 3. The fraction of sp³-hybridized carbons (Fsp3) is 0.333. The van der Waals surface area contributed by atoms with Gasteiger partial charge < -0.3 is 24.8 Å². The smallest absolute Gasteiger partial charge is 0.322 e. The van der Waals surface area contributed by atoms with Crippen molar-refractivity contribution in [3.63, 3.8) is 0 Å². The summed E-state index contributed by atoms with van der Waals surface area (Å²) in [6.07, 6.45) is 10.2. The van der Waals surface area contributed by atoms with Crippen LogP contribution in [-0.4, -0.2) is 66.1 Å². The summed E-state index contributed by atoms with van der Waals surface area (Å²) in [5, 5.41) is 3.07. The molecule has 198 valence electrons. The molecule has 39 heavy (non-hydrogen) atoms. The Hall–Kier alpha value is -4.58. The van der Waals surface area contributed by atoms with Crippen LogP contribution in [0.3, 0.4) is 0 Å². The van der Waals surface area contributed by atoms with Gasteiger partial charge in [0.05, 0.1) is 7.11 Å². The summed E-state index contributed by atoms with van der Waals surface area (Å²) in [6.45, 7) is 2.73. The fourth-order valence-electron chi connectivity index (χ4n) is 5.79. The molecule has 3 aliphatic rings. The molecule has 0 spiro atoms. The van der Waals surface area contributed by atoms with Crippen molar-refractivity contribution in [2.24, 2.45) is 0 Å². The molecule has 0 bridgehead atoms. The number of rotatable bonds is 4. The van der Waals surface area contributed by atoms with Crippen molar-refractivity contribution >= 4 is 29.1 Å². The van der Waals surface area contributed by atoms with Gasteiger partial charge in [0, 0.05) is 55.2 Å². The van der Waals surface area contributed by atoms with Gasteiger partial charge in [-0.1, -0.05) is 5.92 Å². The van der Waals surface area contributed by atoms with E-state index in [0.29, 0.717) is 18.8 Å². The number of hydrogen-bond acceptors (Lipinski definition) is 6. The highest BCUT2D eigenvalue weighted by Gasteiger charge is 2.31. The molecule has 0 saturated carbocycles. The summed E-state index contributed by atoms with van der Waals surface area (Å²) < 4.78 is 5.35. The van der Waals surface area contributed by atoms with Crippen LogP contribution in [0, 0.1) is 12.3 Å². The summed E-state index contributed by atoms with van der Waals surface area (Å²) in [4.78, 5) is 41.1. The van der Waals surface area contributed by atoms with Gasteiger partial charge in [-0.25, -0.2) is 14.8 Å². The molecular formula is C30H30N6O3. The van der Waals surface area contributed by atoms with E-state index in [0.717, 1.165) is 78.4 Å². The Balaban J connectivity index is 1.11. The lowest BCUT2D eigenvalue weighted by atomic mass is 10.0. The second-order valence-corrected chi connectivity index (χ2v) is 10.1. The maximum Gasteiger partial charge on any atom is 0.322 e. The first-order chi connectivity index (χ1) is 19.0. The van der Waals surface area contributed by atoms with E-state index in [1.54, 1.807) is 18.1 Å². The quantitative estimate of drug-likeness (QED) is 0.525. The largest absolute Gasteiger partial charge is 0.497 e. The van der Waals surface area contributed by atoms with Gasteiger partial charge in [-0.2, -0.15) is 0 Å². The van der Waals surface area contributed by atoms with E-state index in [1.165, 1.54) is 6.33 Å². The van der Waals surface area contributed by atoms with Gasteiger partial charge in [-0.3, -0.25) is 4.79 Å². The summed E-state index contributed by atoms with van der Waals surface area (Å²) >= 11 is 0. The Morgan fingerprint density at radius 2 is 1.85 bits per heavy atom. The third kappa shape index (κ3) is 4.74. The number of carbonyl (C=O) groups is 2. The number of piperidine rings is 1. The molecule has 3 amide bonds. The molecule has 6 rings (SSSR count). The molecule has 9 nitrogen and oxygen atoms in total. The number of carbonyl (C=O) groups excluding carboxylic acids is 2. The van der Waals surface area contributed by atoms with Gasteiger partial charge in [-0.05, 0) is 73.2 Å². The molecule has 3 aromatic rings. The van der Waals surface area contributed by atoms with Crippen LogP contribution in [0.2, 0.25) is 0 Å². The van der Waals surface area contributed by atoms with Gasteiger partial charge in [0.15, 0.2) is 0 Å². The first-order valence-electron chi connectivity index (χ1n) is 13.3. The summed E-state index contributed by atoms with van der Waals surface area (Å²) in [5.41, 5.74) is 5.08. The predicted molar refractivity (Wildman–Crippen MR) is 149 cm³/mol. The molecule has 1 aromatic heterocycles. The molecule has 9 heteroatoms. The number of nitrogens with one attached hydrogen (secondary N) is 1. The molecule has 1 N–H and O–H groups in total. The van der Waals surface area contributed by atoms with Crippen molar-refractivity contribution < 1.29 is 14.3 Å². The van der Waals surface area contributed by atoms with Crippen molar-refractivity contribution in [2.75, 3.05) is 48.4 Å². The minimum Gasteiger partial charge on any atom is -0.497 e. The number of anilines is 3. The van der Waals surface area contributed by atoms with E-state index in [9.17, 15) is 9.59 Å². The normalized spacial score (nSPS) is 17.1. The van der Waals surface area contributed by atoms with Crippen LogP contribution in [-0.2, 0) is 12.8 Å². The summed E-state index contributed by atoms with van der Waals surface area (Å²) in [6, 6.07) is 13.4. The highest BCUT2D eigenvalue weighted by molar-refractivity contribution is 6.06. The van der Waals surface area contributed by atoms with Crippen molar-refractivity contribution in [1.82, 2.24) is 14.9 Å². The van der Waals surface area contributed by atoms with Crippen LogP contribution < -0.4 is 19.9 Å². The standard InChI is InChI=1S/C30H30N6O3/c1-3-20-4-7-27-22(16-20)9-15-36(27)29(37)26-18-28(32-19-31-26)34-12-10-23(11-13-34)35-14-8-21-17-24(39-2)5-6-25(21)33-30(35)38/h1,4-7,16-19,23H,8-15H2,2H3,(H,33,38). The summed E-state index contributed by atoms with van der Waals surface area (Å²) in [7, 11) is 1.65. The lowest BCUT2D eigenvalue weighted by molar-refractivity contribution is 0.0984. The monoisotopic (exact) mass is 522 g/mol. The Morgan fingerprint density at radius 1 is 1.03 bits per heavy atom. The van der Waals surface area contributed by atoms with Gasteiger partial charge in [-0.15, -0.1) is 6.42 Å². The highest BCUT2D eigenvalue weighted by atomic mass is 16.5. The zero-order valence-corrected chi connectivity index (χ0v) is 21.9. The van der Waals surface area contributed by atoms with Crippen molar-refractivity contribution in [3.8, 4) is 18.1 Å². The number of hydrogen-bond donors (Lipinski definition) is 1. The van der Waals surface area contributed by atoms with E-state index >= 15 is 0 Å². The number of fused-ring (bicyclic) bond motifs is 2. The topological polar surface area (TPSA) is 90.9 Å². The third-order valence-electron chi connectivity index (χ3n) is 7.92. The van der Waals surface area contributed by atoms with Crippen LogP contribution in [0.4, 0.5) is 22.0 Å². The number of methoxy groups -OCH3 is 1. The Kier molecular flexibility index (Phi) is 6.53.